The summed E-state index contributed by atoms with van der Waals surface area (Å²) in [6.07, 6.45) is 1.46. The first-order valence-corrected chi connectivity index (χ1v) is 4.13. The maximum absolute atomic E-state index is 11.7. The van der Waals surface area contributed by atoms with Crippen LogP contribution in [0.15, 0.2) is 0 Å². The quantitative estimate of drug-likeness (QED) is 0.487. The maximum atomic E-state index is 11.7. The van der Waals surface area contributed by atoms with Gasteiger partial charge in [0.1, 0.15) is 0 Å². The third-order valence-electron chi connectivity index (χ3n) is 2.10. The third kappa shape index (κ3) is 3.47. The van der Waals surface area contributed by atoms with Gasteiger partial charge in [0.05, 0.1) is 26.5 Å². The van der Waals surface area contributed by atoms with E-state index < -0.39 is 12.1 Å². The van der Waals surface area contributed by atoms with Crippen LogP contribution in [0, 0.1) is 5.41 Å². The monoisotopic (exact) mass is 180 g/mol. The van der Waals surface area contributed by atoms with Crippen molar-refractivity contribution in [3.63, 3.8) is 0 Å². The minimum atomic E-state index is -0.824. The number of halogens is 1. The molecule has 0 aromatic carbocycles. The van der Waals surface area contributed by atoms with Gasteiger partial charge in [-0.05, 0) is 12.8 Å². The lowest BCUT2D eigenvalue weighted by molar-refractivity contribution is -0.00246. The molecule has 0 aromatic heterocycles. The van der Waals surface area contributed by atoms with E-state index in [9.17, 15) is 4.39 Å². The SMILES string of the molecule is OCC(CO)(CO)CCCCF. The van der Waals surface area contributed by atoms with Crippen LogP contribution in [0.25, 0.3) is 0 Å². The van der Waals surface area contributed by atoms with E-state index in [1.165, 1.54) is 0 Å². The Morgan fingerprint density at radius 2 is 1.42 bits per heavy atom. The Bertz CT molecular complexity index is 96.2. The first-order chi connectivity index (χ1) is 5.74. The molecular weight excluding hydrogens is 163 g/mol. The van der Waals surface area contributed by atoms with Crippen LogP contribution in [-0.4, -0.2) is 41.8 Å². The van der Waals surface area contributed by atoms with Crippen molar-refractivity contribution in [2.75, 3.05) is 26.5 Å². The van der Waals surface area contributed by atoms with Crippen LogP contribution in [0.5, 0.6) is 0 Å². The van der Waals surface area contributed by atoms with E-state index in [4.69, 9.17) is 15.3 Å². The summed E-state index contributed by atoms with van der Waals surface area (Å²) in [7, 11) is 0. The van der Waals surface area contributed by atoms with Crippen molar-refractivity contribution >= 4 is 0 Å². The standard InChI is InChI=1S/C8H17FO3/c9-4-2-1-3-8(5-10,6-11)7-12/h10-12H,1-7H2. The van der Waals surface area contributed by atoms with Crippen molar-refractivity contribution in [1.82, 2.24) is 0 Å². The molecule has 12 heavy (non-hydrogen) atoms. The molecule has 3 nitrogen and oxygen atoms in total. The number of hydrogen-bond donors (Lipinski definition) is 3. The molecule has 0 spiro atoms. The molecule has 0 amide bonds. The Kier molecular flexibility index (Phi) is 6.24. The predicted octanol–water partition coefficient (Wildman–Crippen LogP) is 0.0895. The average Bonchev–Trinajstić information content (AvgIpc) is 2.14. The van der Waals surface area contributed by atoms with Crippen LogP contribution in [0.3, 0.4) is 0 Å². The summed E-state index contributed by atoms with van der Waals surface area (Å²) in [5, 5.41) is 26.6. The summed E-state index contributed by atoms with van der Waals surface area (Å²) >= 11 is 0. The molecule has 0 atom stereocenters. The van der Waals surface area contributed by atoms with Gasteiger partial charge in [0.15, 0.2) is 0 Å². The Hall–Kier alpha value is -0.190. The largest absolute Gasteiger partial charge is 0.396 e. The van der Waals surface area contributed by atoms with Crippen LogP contribution >= 0.6 is 0 Å². The summed E-state index contributed by atoms with van der Waals surface area (Å²) < 4.78 is 11.7. The lowest BCUT2D eigenvalue weighted by Gasteiger charge is -2.26. The Balaban J connectivity index is 3.76. The van der Waals surface area contributed by atoms with E-state index in [-0.39, 0.29) is 19.8 Å². The van der Waals surface area contributed by atoms with Crippen LogP contribution in [0.2, 0.25) is 0 Å². The van der Waals surface area contributed by atoms with Crippen LogP contribution in [0.1, 0.15) is 19.3 Å². The second-order valence-corrected chi connectivity index (χ2v) is 3.12. The highest BCUT2D eigenvalue weighted by Crippen LogP contribution is 2.22. The number of hydrogen-bond acceptors (Lipinski definition) is 3. The van der Waals surface area contributed by atoms with Crippen molar-refractivity contribution in [3.8, 4) is 0 Å². The molecule has 0 radical (unpaired) electrons. The van der Waals surface area contributed by atoms with Gasteiger partial charge >= 0.3 is 0 Å². The number of rotatable bonds is 7. The average molecular weight is 180 g/mol. The van der Waals surface area contributed by atoms with E-state index in [1.807, 2.05) is 0 Å². The first kappa shape index (κ1) is 11.8. The van der Waals surface area contributed by atoms with E-state index in [0.29, 0.717) is 19.3 Å². The topological polar surface area (TPSA) is 60.7 Å². The molecule has 0 unspecified atom stereocenters. The van der Waals surface area contributed by atoms with Gasteiger partial charge in [-0.15, -0.1) is 0 Å². The molecule has 3 N–H and O–H groups in total. The molecule has 0 saturated heterocycles. The summed E-state index contributed by atoms with van der Waals surface area (Å²) in [6.45, 7) is -1.16. The van der Waals surface area contributed by atoms with E-state index in [2.05, 4.69) is 0 Å². The highest BCUT2D eigenvalue weighted by molar-refractivity contribution is 4.76. The van der Waals surface area contributed by atoms with E-state index >= 15 is 0 Å². The fourth-order valence-electron chi connectivity index (χ4n) is 0.982. The van der Waals surface area contributed by atoms with Crippen molar-refractivity contribution in [2.24, 2.45) is 5.41 Å². The van der Waals surface area contributed by atoms with Gasteiger partial charge in [-0.1, -0.05) is 6.42 Å². The minimum Gasteiger partial charge on any atom is -0.396 e. The molecule has 0 fully saturated rings. The van der Waals surface area contributed by atoms with Crippen molar-refractivity contribution in [3.05, 3.63) is 0 Å². The Labute approximate surface area is 71.8 Å². The Morgan fingerprint density at radius 1 is 0.917 bits per heavy atom. The fraction of sp³-hybridized carbons (Fsp3) is 1.00. The minimum absolute atomic E-state index is 0.258. The molecule has 74 valence electrons. The van der Waals surface area contributed by atoms with Gasteiger partial charge in [0.25, 0.3) is 0 Å². The van der Waals surface area contributed by atoms with Gasteiger partial charge < -0.3 is 15.3 Å². The van der Waals surface area contributed by atoms with Crippen molar-refractivity contribution in [1.29, 1.82) is 0 Å². The molecule has 0 aromatic rings. The molecule has 0 aliphatic rings. The summed E-state index contributed by atoms with van der Waals surface area (Å²) in [4.78, 5) is 0. The number of alkyl halides is 1. The van der Waals surface area contributed by atoms with Crippen molar-refractivity contribution < 1.29 is 19.7 Å². The fourth-order valence-corrected chi connectivity index (χ4v) is 0.982. The summed E-state index contributed by atoms with van der Waals surface area (Å²) in [5.74, 6) is 0. The van der Waals surface area contributed by atoms with E-state index in [0.717, 1.165) is 0 Å². The van der Waals surface area contributed by atoms with Gasteiger partial charge in [-0.2, -0.15) is 0 Å². The molecule has 0 aliphatic carbocycles. The Morgan fingerprint density at radius 3 is 1.75 bits per heavy atom. The molecule has 4 heteroatoms. The summed E-state index contributed by atoms with van der Waals surface area (Å²) in [5.41, 5.74) is -0.824. The molecule has 0 aliphatic heterocycles. The molecular formula is C8H17FO3. The highest BCUT2D eigenvalue weighted by atomic mass is 19.1. The van der Waals surface area contributed by atoms with E-state index in [1.54, 1.807) is 0 Å². The smallest absolute Gasteiger partial charge is 0.0894 e. The van der Waals surface area contributed by atoms with Crippen LogP contribution < -0.4 is 0 Å². The van der Waals surface area contributed by atoms with Gasteiger partial charge in [0.2, 0.25) is 0 Å². The first-order valence-electron chi connectivity index (χ1n) is 4.13. The van der Waals surface area contributed by atoms with Crippen LogP contribution in [-0.2, 0) is 0 Å². The van der Waals surface area contributed by atoms with Crippen molar-refractivity contribution in [2.45, 2.75) is 19.3 Å². The molecule has 0 saturated carbocycles. The lowest BCUT2D eigenvalue weighted by Crippen LogP contribution is -2.33. The van der Waals surface area contributed by atoms with Gasteiger partial charge in [-0.25, -0.2) is 0 Å². The highest BCUT2D eigenvalue weighted by Gasteiger charge is 2.26. The van der Waals surface area contributed by atoms with Gasteiger partial charge in [-0.3, -0.25) is 4.39 Å². The predicted molar refractivity (Wildman–Crippen MR) is 43.5 cm³/mol. The van der Waals surface area contributed by atoms with Crippen LogP contribution in [0.4, 0.5) is 4.39 Å². The number of aliphatic hydroxyl groups is 3. The zero-order chi connectivity index (χ0) is 9.45. The zero-order valence-electron chi connectivity index (χ0n) is 7.17. The number of unbranched alkanes of at least 4 members (excludes halogenated alkanes) is 1. The molecule has 0 rings (SSSR count). The number of aliphatic hydroxyl groups excluding tert-OH is 3. The maximum Gasteiger partial charge on any atom is 0.0894 e. The normalized spacial score (nSPS) is 12.0. The lowest BCUT2D eigenvalue weighted by atomic mass is 9.85. The summed E-state index contributed by atoms with van der Waals surface area (Å²) in [6, 6.07) is 0. The second kappa shape index (κ2) is 6.34. The van der Waals surface area contributed by atoms with Gasteiger partial charge in [0, 0.05) is 5.41 Å². The molecule has 0 heterocycles. The second-order valence-electron chi connectivity index (χ2n) is 3.12. The third-order valence-corrected chi connectivity index (χ3v) is 2.10. The molecule has 0 bridgehead atoms. The zero-order valence-corrected chi connectivity index (χ0v) is 7.17.